The van der Waals surface area contributed by atoms with E-state index in [4.69, 9.17) is 5.73 Å². The van der Waals surface area contributed by atoms with E-state index in [-0.39, 0.29) is 4.90 Å². The molecule has 2 N–H and O–H groups in total. The molecule has 1 aromatic rings. The predicted octanol–water partition coefficient (Wildman–Crippen LogP) is 1.47. The van der Waals surface area contributed by atoms with Gasteiger partial charge in [-0.3, -0.25) is 0 Å². The highest BCUT2D eigenvalue weighted by Crippen LogP contribution is 2.25. The standard InChI is InChI=1S/C12H19N3O2S/c1-2-10-5-7-15(8-6-10)18(16,17)11-3-4-12(13)14-9-11/h3-4,9-10H,2,5-8H2,1H3,(H2,13,14). The Morgan fingerprint density at radius 3 is 2.56 bits per heavy atom. The third-order valence-corrected chi connectivity index (χ3v) is 5.43. The lowest BCUT2D eigenvalue weighted by molar-refractivity contribution is 0.269. The van der Waals surface area contributed by atoms with E-state index < -0.39 is 10.0 Å². The van der Waals surface area contributed by atoms with Crippen molar-refractivity contribution in [2.75, 3.05) is 18.8 Å². The fourth-order valence-electron chi connectivity index (χ4n) is 2.25. The summed E-state index contributed by atoms with van der Waals surface area (Å²) in [5, 5.41) is 0. The molecule has 0 radical (unpaired) electrons. The third kappa shape index (κ3) is 2.64. The quantitative estimate of drug-likeness (QED) is 0.901. The topological polar surface area (TPSA) is 76.3 Å². The lowest BCUT2D eigenvalue weighted by Gasteiger charge is -2.30. The highest BCUT2D eigenvalue weighted by molar-refractivity contribution is 7.89. The van der Waals surface area contributed by atoms with Crippen molar-refractivity contribution in [3.05, 3.63) is 18.3 Å². The van der Waals surface area contributed by atoms with Gasteiger partial charge in [0.05, 0.1) is 0 Å². The van der Waals surface area contributed by atoms with Crippen molar-refractivity contribution >= 4 is 15.8 Å². The third-order valence-electron chi connectivity index (χ3n) is 3.55. The van der Waals surface area contributed by atoms with Gasteiger partial charge in [0.1, 0.15) is 10.7 Å². The Hall–Kier alpha value is -1.14. The van der Waals surface area contributed by atoms with Crippen LogP contribution in [0.2, 0.25) is 0 Å². The molecule has 1 fully saturated rings. The average Bonchev–Trinajstić information content (AvgIpc) is 2.39. The lowest BCUT2D eigenvalue weighted by atomic mass is 9.96. The minimum Gasteiger partial charge on any atom is -0.384 e. The van der Waals surface area contributed by atoms with Crippen LogP contribution in [0.3, 0.4) is 0 Å². The van der Waals surface area contributed by atoms with Crippen LogP contribution in [0.5, 0.6) is 0 Å². The summed E-state index contributed by atoms with van der Waals surface area (Å²) in [5.41, 5.74) is 5.47. The second kappa shape index (κ2) is 5.24. The number of hydrogen-bond acceptors (Lipinski definition) is 4. The molecule has 5 nitrogen and oxygen atoms in total. The van der Waals surface area contributed by atoms with E-state index in [1.165, 1.54) is 18.3 Å². The number of pyridine rings is 1. The number of piperidine rings is 1. The van der Waals surface area contributed by atoms with Gasteiger partial charge in [0.25, 0.3) is 0 Å². The average molecular weight is 269 g/mol. The Labute approximate surface area is 108 Å². The summed E-state index contributed by atoms with van der Waals surface area (Å²) in [6.07, 6.45) is 4.34. The van der Waals surface area contributed by atoms with Crippen molar-refractivity contribution in [1.82, 2.24) is 9.29 Å². The lowest BCUT2D eigenvalue weighted by Crippen LogP contribution is -2.38. The van der Waals surface area contributed by atoms with Gasteiger partial charge in [0, 0.05) is 19.3 Å². The molecule has 0 unspecified atom stereocenters. The minimum atomic E-state index is -3.40. The van der Waals surface area contributed by atoms with E-state index in [1.807, 2.05) is 0 Å². The molecule has 0 aromatic carbocycles. The zero-order chi connectivity index (χ0) is 13.2. The van der Waals surface area contributed by atoms with E-state index in [2.05, 4.69) is 11.9 Å². The number of sulfonamides is 1. The molecule has 0 bridgehead atoms. The highest BCUT2D eigenvalue weighted by Gasteiger charge is 2.28. The molecule has 1 aliphatic rings. The van der Waals surface area contributed by atoms with Crippen molar-refractivity contribution < 1.29 is 8.42 Å². The first kappa shape index (κ1) is 13.3. The zero-order valence-corrected chi connectivity index (χ0v) is 11.4. The summed E-state index contributed by atoms with van der Waals surface area (Å²) in [6.45, 7) is 3.36. The molecule has 0 amide bonds. The van der Waals surface area contributed by atoms with Gasteiger partial charge in [0.2, 0.25) is 10.0 Å². The summed E-state index contributed by atoms with van der Waals surface area (Å²) in [6, 6.07) is 3.04. The summed E-state index contributed by atoms with van der Waals surface area (Å²) < 4.78 is 26.2. The van der Waals surface area contributed by atoms with Crippen LogP contribution in [0, 0.1) is 5.92 Å². The highest BCUT2D eigenvalue weighted by atomic mass is 32.2. The van der Waals surface area contributed by atoms with Crippen LogP contribution in [0.15, 0.2) is 23.2 Å². The smallest absolute Gasteiger partial charge is 0.244 e. The van der Waals surface area contributed by atoms with Gasteiger partial charge < -0.3 is 5.73 Å². The SMILES string of the molecule is CCC1CCN(S(=O)(=O)c2ccc(N)nc2)CC1. The molecule has 18 heavy (non-hydrogen) atoms. The summed E-state index contributed by atoms with van der Waals surface area (Å²) in [7, 11) is -3.40. The molecular weight excluding hydrogens is 250 g/mol. The Morgan fingerprint density at radius 2 is 2.06 bits per heavy atom. The summed E-state index contributed by atoms with van der Waals surface area (Å²) >= 11 is 0. The summed E-state index contributed by atoms with van der Waals surface area (Å²) in [4.78, 5) is 4.07. The van der Waals surface area contributed by atoms with Crippen LogP contribution < -0.4 is 5.73 Å². The van der Waals surface area contributed by atoms with Crippen molar-refractivity contribution in [2.45, 2.75) is 31.1 Å². The number of anilines is 1. The molecule has 1 saturated heterocycles. The maximum Gasteiger partial charge on any atom is 0.244 e. The van der Waals surface area contributed by atoms with Gasteiger partial charge in [-0.2, -0.15) is 4.31 Å². The predicted molar refractivity (Wildman–Crippen MR) is 70.4 cm³/mol. The van der Waals surface area contributed by atoms with Crippen molar-refractivity contribution in [2.24, 2.45) is 5.92 Å². The van der Waals surface area contributed by atoms with E-state index in [0.717, 1.165) is 19.3 Å². The first-order valence-corrected chi connectivity index (χ1v) is 7.69. The number of aromatic nitrogens is 1. The molecule has 0 atom stereocenters. The first-order chi connectivity index (χ1) is 8.54. The van der Waals surface area contributed by atoms with Crippen LogP contribution in [-0.4, -0.2) is 30.8 Å². The molecule has 0 saturated carbocycles. The fraction of sp³-hybridized carbons (Fsp3) is 0.583. The number of nitrogen functional groups attached to an aromatic ring is 1. The van der Waals surface area contributed by atoms with E-state index in [1.54, 1.807) is 4.31 Å². The first-order valence-electron chi connectivity index (χ1n) is 6.25. The normalized spacial score (nSPS) is 18.9. The molecule has 6 heteroatoms. The maximum atomic E-state index is 12.3. The second-order valence-corrected chi connectivity index (χ2v) is 6.61. The Morgan fingerprint density at radius 1 is 1.39 bits per heavy atom. The molecule has 2 rings (SSSR count). The maximum absolute atomic E-state index is 12.3. The molecule has 2 heterocycles. The zero-order valence-electron chi connectivity index (χ0n) is 10.5. The minimum absolute atomic E-state index is 0.228. The van der Waals surface area contributed by atoms with Crippen LogP contribution in [0.25, 0.3) is 0 Å². The van der Waals surface area contributed by atoms with Crippen molar-refractivity contribution in [3.63, 3.8) is 0 Å². The van der Waals surface area contributed by atoms with E-state index in [9.17, 15) is 8.42 Å². The second-order valence-electron chi connectivity index (χ2n) is 4.67. The number of nitrogens with two attached hydrogens (primary N) is 1. The van der Waals surface area contributed by atoms with Crippen LogP contribution in [0.1, 0.15) is 26.2 Å². The van der Waals surface area contributed by atoms with Gasteiger partial charge in [-0.1, -0.05) is 13.3 Å². The number of hydrogen-bond donors (Lipinski definition) is 1. The van der Waals surface area contributed by atoms with Gasteiger partial charge in [-0.05, 0) is 30.9 Å². The van der Waals surface area contributed by atoms with Crippen LogP contribution in [-0.2, 0) is 10.0 Å². The van der Waals surface area contributed by atoms with E-state index >= 15 is 0 Å². The van der Waals surface area contributed by atoms with Crippen molar-refractivity contribution in [3.8, 4) is 0 Å². The molecular formula is C12H19N3O2S. The number of nitrogens with zero attached hydrogens (tertiary/aromatic N) is 2. The van der Waals surface area contributed by atoms with Gasteiger partial charge in [0.15, 0.2) is 0 Å². The van der Waals surface area contributed by atoms with E-state index in [0.29, 0.717) is 24.8 Å². The van der Waals surface area contributed by atoms with Gasteiger partial charge in [-0.15, -0.1) is 0 Å². The molecule has 100 valence electrons. The monoisotopic (exact) mass is 269 g/mol. The molecule has 0 aliphatic carbocycles. The van der Waals surface area contributed by atoms with Crippen LogP contribution in [0.4, 0.5) is 5.82 Å². The molecule has 0 spiro atoms. The molecule has 1 aromatic heterocycles. The fourth-order valence-corrected chi connectivity index (χ4v) is 3.67. The molecule has 1 aliphatic heterocycles. The largest absolute Gasteiger partial charge is 0.384 e. The van der Waals surface area contributed by atoms with Gasteiger partial charge >= 0.3 is 0 Å². The summed E-state index contributed by atoms with van der Waals surface area (Å²) in [5.74, 6) is 0.986. The number of rotatable bonds is 3. The van der Waals surface area contributed by atoms with Crippen LogP contribution >= 0.6 is 0 Å². The Balaban J connectivity index is 2.15. The van der Waals surface area contributed by atoms with Crippen molar-refractivity contribution in [1.29, 1.82) is 0 Å². The van der Waals surface area contributed by atoms with Gasteiger partial charge in [-0.25, -0.2) is 13.4 Å². The Bertz CT molecular complexity index is 491. The Kier molecular flexibility index (Phi) is 3.87.